The Morgan fingerprint density at radius 2 is 1.84 bits per heavy atom. The van der Waals surface area contributed by atoms with Crippen LogP contribution in [0.25, 0.3) is 0 Å². The van der Waals surface area contributed by atoms with Gasteiger partial charge in [0.1, 0.15) is 11.6 Å². The molecule has 2 rings (SSSR count). The molecule has 19 heavy (non-hydrogen) atoms. The predicted molar refractivity (Wildman–Crippen MR) is 73.3 cm³/mol. The van der Waals surface area contributed by atoms with Crippen molar-refractivity contribution >= 4 is 0 Å². The van der Waals surface area contributed by atoms with E-state index < -0.39 is 0 Å². The van der Waals surface area contributed by atoms with E-state index >= 15 is 0 Å². The number of hydrogen-bond donors (Lipinski definition) is 1. The fraction of sp³-hybridized carbons (Fsp3) is 0.333. The normalized spacial score (nSPS) is 10.8. The molecule has 0 saturated carbocycles. The van der Waals surface area contributed by atoms with Gasteiger partial charge in [-0.2, -0.15) is 4.98 Å². The molecule has 1 aromatic carbocycles. The molecule has 2 aromatic rings. The SMILES string of the molecule is Cc1cc(Oc2ccc(CO)cc2)nc(C(C)C)n1. The van der Waals surface area contributed by atoms with Crippen LogP contribution in [0.15, 0.2) is 30.3 Å². The van der Waals surface area contributed by atoms with Gasteiger partial charge in [0.25, 0.3) is 0 Å². The molecule has 4 nitrogen and oxygen atoms in total. The Balaban J connectivity index is 2.22. The van der Waals surface area contributed by atoms with Crippen molar-refractivity contribution in [2.24, 2.45) is 0 Å². The maximum absolute atomic E-state index is 8.99. The first-order valence-electron chi connectivity index (χ1n) is 6.31. The van der Waals surface area contributed by atoms with Crippen LogP contribution in [-0.4, -0.2) is 15.1 Å². The number of aliphatic hydroxyl groups excluding tert-OH is 1. The van der Waals surface area contributed by atoms with Crippen molar-refractivity contribution in [3.05, 3.63) is 47.4 Å². The highest BCUT2D eigenvalue weighted by atomic mass is 16.5. The number of ether oxygens (including phenoxy) is 1. The second-order valence-corrected chi connectivity index (χ2v) is 4.76. The molecule has 0 unspecified atom stereocenters. The van der Waals surface area contributed by atoms with Crippen LogP contribution in [0.3, 0.4) is 0 Å². The van der Waals surface area contributed by atoms with E-state index in [1.807, 2.05) is 37.3 Å². The minimum Gasteiger partial charge on any atom is -0.439 e. The van der Waals surface area contributed by atoms with Crippen molar-refractivity contribution in [3.63, 3.8) is 0 Å². The molecule has 0 aliphatic heterocycles. The van der Waals surface area contributed by atoms with Crippen LogP contribution in [0.4, 0.5) is 0 Å². The second kappa shape index (κ2) is 5.80. The van der Waals surface area contributed by atoms with E-state index in [9.17, 15) is 0 Å². The summed E-state index contributed by atoms with van der Waals surface area (Å²) in [6.07, 6.45) is 0. The Morgan fingerprint density at radius 3 is 2.42 bits per heavy atom. The van der Waals surface area contributed by atoms with E-state index in [0.717, 1.165) is 17.1 Å². The van der Waals surface area contributed by atoms with Crippen molar-refractivity contribution in [2.75, 3.05) is 0 Å². The molecule has 4 heteroatoms. The summed E-state index contributed by atoms with van der Waals surface area (Å²) in [6, 6.07) is 9.10. The van der Waals surface area contributed by atoms with Crippen molar-refractivity contribution in [3.8, 4) is 11.6 Å². The van der Waals surface area contributed by atoms with Gasteiger partial charge in [-0.15, -0.1) is 0 Å². The highest BCUT2D eigenvalue weighted by molar-refractivity contribution is 5.30. The largest absolute Gasteiger partial charge is 0.439 e. The Bertz CT molecular complexity index is 551. The lowest BCUT2D eigenvalue weighted by atomic mass is 10.2. The predicted octanol–water partition coefficient (Wildman–Crippen LogP) is 3.19. The molecule has 0 spiro atoms. The lowest BCUT2D eigenvalue weighted by Crippen LogP contribution is -2.01. The van der Waals surface area contributed by atoms with E-state index in [2.05, 4.69) is 23.8 Å². The highest BCUT2D eigenvalue weighted by Crippen LogP contribution is 2.22. The summed E-state index contributed by atoms with van der Waals surface area (Å²) >= 11 is 0. The summed E-state index contributed by atoms with van der Waals surface area (Å²) in [5.74, 6) is 2.29. The van der Waals surface area contributed by atoms with Gasteiger partial charge in [0.05, 0.1) is 6.61 Å². The van der Waals surface area contributed by atoms with Crippen LogP contribution in [0.5, 0.6) is 11.6 Å². The number of nitrogens with zero attached hydrogens (tertiary/aromatic N) is 2. The van der Waals surface area contributed by atoms with Crippen LogP contribution < -0.4 is 4.74 Å². The van der Waals surface area contributed by atoms with Gasteiger partial charge >= 0.3 is 0 Å². The molecule has 0 fully saturated rings. The maximum Gasteiger partial charge on any atom is 0.222 e. The zero-order valence-corrected chi connectivity index (χ0v) is 11.4. The van der Waals surface area contributed by atoms with Gasteiger partial charge in [0, 0.05) is 17.7 Å². The standard InChI is InChI=1S/C15H18N2O2/c1-10(2)15-16-11(3)8-14(17-15)19-13-6-4-12(9-18)5-7-13/h4-8,10,18H,9H2,1-3H3. The molecule has 1 aromatic heterocycles. The Labute approximate surface area is 113 Å². The topological polar surface area (TPSA) is 55.2 Å². The van der Waals surface area contributed by atoms with Gasteiger partial charge < -0.3 is 9.84 Å². The van der Waals surface area contributed by atoms with Crippen LogP contribution in [0.2, 0.25) is 0 Å². The Kier molecular flexibility index (Phi) is 4.12. The monoisotopic (exact) mass is 258 g/mol. The molecular weight excluding hydrogens is 240 g/mol. The fourth-order valence-corrected chi connectivity index (χ4v) is 1.66. The third-order valence-electron chi connectivity index (χ3n) is 2.69. The number of hydrogen-bond acceptors (Lipinski definition) is 4. The van der Waals surface area contributed by atoms with Gasteiger partial charge in [0.15, 0.2) is 0 Å². The van der Waals surface area contributed by atoms with E-state index in [-0.39, 0.29) is 12.5 Å². The van der Waals surface area contributed by atoms with Crippen molar-refractivity contribution in [2.45, 2.75) is 33.3 Å². The van der Waals surface area contributed by atoms with Crippen LogP contribution >= 0.6 is 0 Å². The number of rotatable bonds is 4. The molecule has 0 aliphatic carbocycles. The van der Waals surface area contributed by atoms with Gasteiger partial charge in [-0.1, -0.05) is 26.0 Å². The first kappa shape index (κ1) is 13.5. The average molecular weight is 258 g/mol. The molecular formula is C15H18N2O2. The summed E-state index contributed by atoms with van der Waals surface area (Å²) in [7, 11) is 0. The van der Waals surface area contributed by atoms with E-state index in [0.29, 0.717) is 11.6 Å². The summed E-state index contributed by atoms with van der Waals surface area (Å²) < 4.78 is 5.72. The minimum absolute atomic E-state index is 0.0321. The van der Waals surface area contributed by atoms with Crippen LogP contribution in [-0.2, 0) is 6.61 Å². The lowest BCUT2D eigenvalue weighted by Gasteiger charge is -2.09. The van der Waals surface area contributed by atoms with Gasteiger partial charge in [0.2, 0.25) is 5.88 Å². The molecule has 0 aliphatic rings. The smallest absolute Gasteiger partial charge is 0.222 e. The van der Waals surface area contributed by atoms with E-state index in [4.69, 9.17) is 9.84 Å². The van der Waals surface area contributed by atoms with Gasteiger partial charge in [-0.05, 0) is 24.6 Å². The highest BCUT2D eigenvalue weighted by Gasteiger charge is 2.07. The molecule has 0 bridgehead atoms. The number of aliphatic hydroxyl groups is 1. The van der Waals surface area contributed by atoms with Crippen molar-refractivity contribution in [1.29, 1.82) is 0 Å². The van der Waals surface area contributed by atoms with Crippen molar-refractivity contribution in [1.82, 2.24) is 9.97 Å². The molecule has 0 atom stereocenters. The molecule has 1 N–H and O–H groups in total. The third kappa shape index (κ3) is 3.51. The Morgan fingerprint density at radius 1 is 1.16 bits per heavy atom. The molecule has 100 valence electrons. The summed E-state index contributed by atoms with van der Waals surface area (Å²) in [5, 5.41) is 8.99. The van der Waals surface area contributed by atoms with Crippen LogP contribution in [0.1, 0.15) is 36.8 Å². The Hall–Kier alpha value is -1.94. The van der Waals surface area contributed by atoms with Gasteiger partial charge in [-0.25, -0.2) is 4.98 Å². The first-order valence-corrected chi connectivity index (χ1v) is 6.31. The van der Waals surface area contributed by atoms with Crippen molar-refractivity contribution < 1.29 is 9.84 Å². The fourth-order valence-electron chi connectivity index (χ4n) is 1.66. The number of benzene rings is 1. The maximum atomic E-state index is 8.99. The van der Waals surface area contributed by atoms with Crippen LogP contribution in [0, 0.1) is 6.92 Å². The van der Waals surface area contributed by atoms with E-state index in [1.54, 1.807) is 0 Å². The lowest BCUT2D eigenvalue weighted by molar-refractivity contribution is 0.281. The summed E-state index contributed by atoms with van der Waals surface area (Å²) in [5.41, 5.74) is 1.75. The summed E-state index contributed by atoms with van der Waals surface area (Å²) in [4.78, 5) is 8.77. The summed E-state index contributed by atoms with van der Waals surface area (Å²) in [6.45, 7) is 6.06. The quantitative estimate of drug-likeness (QED) is 0.915. The number of aryl methyl sites for hydroxylation is 1. The minimum atomic E-state index is 0.0321. The zero-order chi connectivity index (χ0) is 13.8. The molecule has 0 amide bonds. The molecule has 1 heterocycles. The van der Waals surface area contributed by atoms with Gasteiger partial charge in [-0.3, -0.25) is 0 Å². The average Bonchev–Trinajstić information content (AvgIpc) is 2.39. The first-order chi connectivity index (χ1) is 9.08. The zero-order valence-electron chi connectivity index (χ0n) is 11.4. The second-order valence-electron chi connectivity index (χ2n) is 4.76. The third-order valence-corrected chi connectivity index (χ3v) is 2.69. The number of aromatic nitrogens is 2. The molecule has 0 saturated heterocycles. The molecule has 0 radical (unpaired) electrons. The van der Waals surface area contributed by atoms with E-state index in [1.165, 1.54) is 0 Å².